The van der Waals surface area contributed by atoms with E-state index in [9.17, 15) is 13.2 Å². The Morgan fingerprint density at radius 2 is 1.83 bits per heavy atom. The minimum atomic E-state index is -4.48. The number of nitrogens with two attached hydrogens (primary N) is 1. The molecule has 0 saturated carbocycles. The number of halogens is 3. The van der Waals surface area contributed by atoms with Crippen LogP contribution in [0.25, 0.3) is 11.4 Å². The number of nitrogen functional groups attached to an aromatic ring is 1. The van der Waals surface area contributed by atoms with E-state index in [1.165, 1.54) is 18.2 Å². The van der Waals surface area contributed by atoms with Gasteiger partial charge in [-0.2, -0.15) is 18.2 Å². The minimum absolute atomic E-state index is 0.0552. The van der Waals surface area contributed by atoms with Crippen LogP contribution in [0.3, 0.4) is 0 Å². The van der Waals surface area contributed by atoms with Crippen molar-refractivity contribution in [3.8, 4) is 11.4 Å². The zero-order chi connectivity index (χ0) is 13.3. The molecule has 0 saturated heterocycles. The highest BCUT2D eigenvalue weighted by atomic mass is 32.1. The van der Waals surface area contributed by atoms with Crippen LogP contribution in [0.4, 0.5) is 19.1 Å². The molecule has 0 aliphatic heterocycles. The molecule has 0 bridgehead atoms. The maximum atomic E-state index is 12.8. The molecule has 0 atom stereocenters. The smallest absolute Gasteiger partial charge is 0.369 e. The predicted molar refractivity (Wildman–Crippen MR) is 62.1 cm³/mol. The maximum absolute atomic E-state index is 12.8. The lowest BCUT2D eigenvalue weighted by Crippen LogP contribution is -2.09. The van der Waals surface area contributed by atoms with E-state index in [1.54, 1.807) is 0 Å². The third kappa shape index (κ3) is 2.48. The van der Waals surface area contributed by atoms with Crippen LogP contribution in [0.15, 0.2) is 24.3 Å². The van der Waals surface area contributed by atoms with Gasteiger partial charge in [0.25, 0.3) is 0 Å². The van der Waals surface area contributed by atoms with E-state index >= 15 is 0 Å². The highest BCUT2D eigenvalue weighted by Gasteiger charge is 2.33. The van der Waals surface area contributed by atoms with Gasteiger partial charge in [-0.15, -0.1) is 0 Å². The van der Waals surface area contributed by atoms with Crippen LogP contribution in [0.5, 0.6) is 0 Å². The standard InChI is InChI=1S/C10H7F3N4S/c11-10(12,13)6-4-2-1-3-5(6)7-15-8(14)17-9(18)16-7/h1-4H,(H3,14,15,16,17,18). The number of H-pyrrole nitrogens is 1. The first kappa shape index (κ1) is 12.5. The van der Waals surface area contributed by atoms with Crippen molar-refractivity contribution in [3.05, 3.63) is 34.6 Å². The molecular weight excluding hydrogens is 265 g/mol. The molecule has 0 aliphatic rings. The van der Waals surface area contributed by atoms with Crippen molar-refractivity contribution in [2.24, 2.45) is 0 Å². The van der Waals surface area contributed by atoms with E-state index in [0.717, 1.165) is 6.07 Å². The van der Waals surface area contributed by atoms with Gasteiger partial charge >= 0.3 is 6.18 Å². The van der Waals surface area contributed by atoms with Crippen molar-refractivity contribution in [2.45, 2.75) is 6.18 Å². The lowest BCUT2D eigenvalue weighted by atomic mass is 10.1. The lowest BCUT2D eigenvalue weighted by molar-refractivity contribution is -0.137. The predicted octanol–water partition coefficient (Wildman–Crippen LogP) is 2.80. The van der Waals surface area contributed by atoms with Crippen molar-refractivity contribution in [2.75, 3.05) is 5.73 Å². The van der Waals surface area contributed by atoms with Gasteiger partial charge in [-0.1, -0.05) is 18.2 Å². The monoisotopic (exact) mass is 272 g/mol. The molecule has 8 heteroatoms. The van der Waals surface area contributed by atoms with Crippen molar-refractivity contribution < 1.29 is 13.2 Å². The quantitative estimate of drug-likeness (QED) is 0.783. The molecule has 3 N–H and O–H groups in total. The Hall–Kier alpha value is -1.96. The van der Waals surface area contributed by atoms with Crippen LogP contribution in [0.1, 0.15) is 5.56 Å². The van der Waals surface area contributed by atoms with Gasteiger partial charge in [0.05, 0.1) is 5.56 Å². The van der Waals surface area contributed by atoms with E-state index in [4.69, 9.17) is 18.0 Å². The molecule has 2 aromatic rings. The van der Waals surface area contributed by atoms with Crippen LogP contribution in [0, 0.1) is 4.77 Å². The Labute approximate surface area is 105 Å². The Morgan fingerprint density at radius 1 is 1.17 bits per heavy atom. The fourth-order valence-corrected chi connectivity index (χ4v) is 1.65. The number of benzene rings is 1. The Bertz CT molecular complexity index is 636. The summed E-state index contributed by atoms with van der Waals surface area (Å²) in [4.78, 5) is 9.81. The molecule has 94 valence electrons. The molecule has 4 nitrogen and oxygen atoms in total. The second kappa shape index (κ2) is 4.37. The molecule has 18 heavy (non-hydrogen) atoms. The van der Waals surface area contributed by atoms with Gasteiger partial charge in [0.2, 0.25) is 10.7 Å². The fourth-order valence-electron chi connectivity index (χ4n) is 1.47. The van der Waals surface area contributed by atoms with Crippen LogP contribution >= 0.6 is 12.2 Å². The van der Waals surface area contributed by atoms with E-state index in [0.29, 0.717) is 0 Å². The van der Waals surface area contributed by atoms with Gasteiger partial charge < -0.3 is 10.7 Å². The summed E-state index contributed by atoms with van der Waals surface area (Å²) in [6.07, 6.45) is -4.48. The van der Waals surface area contributed by atoms with E-state index in [2.05, 4.69) is 15.0 Å². The van der Waals surface area contributed by atoms with Crippen molar-refractivity contribution in [3.63, 3.8) is 0 Å². The number of nitrogens with one attached hydrogen (secondary N) is 1. The van der Waals surface area contributed by atoms with Gasteiger partial charge in [-0.3, -0.25) is 0 Å². The average Bonchev–Trinajstić information content (AvgIpc) is 2.26. The number of rotatable bonds is 1. The van der Waals surface area contributed by atoms with Gasteiger partial charge in [0.1, 0.15) is 5.82 Å². The summed E-state index contributed by atoms with van der Waals surface area (Å²) < 4.78 is 38.3. The molecule has 1 aromatic carbocycles. The van der Waals surface area contributed by atoms with Crippen molar-refractivity contribution in [1.29, 1.82) is 0 Å². The first-order valence-electron chi connectivity index (χ1n) is 4.78. The number of anilines is 1. The summed E-state index contributed by atoms with van der Waals surface area (Å²) in [5.41, 5.74) is 4.47. The van der Waals surface area contributed by atoms with Crippen molar-refractivity contribution >= 4 is 18.2 Å². The van der Waals surface area contributed by atoms with E-state index < -0.39 is 11.7 Å². The number of hydrogen-bond donors (Lipinski definition) is 2. The minimum Gasteiger partial charge on any atom is -0.369 e. The second-order valence-electron chi connectivity index (χ2n) is 3.41. The largest absolute Gasteiger partial charge is 0.417 e. The molecule has 2 rings (SSSR count). The SMILES string of the molecule is Nc1nc(=S)nc(-c2ccccc2C(F)(F)F)[nH]1. The molecule has 0 spiro atoms. The lowest BCUT2D eigenvalue weighted by Gasteiger charge is -2.11. The number of nitrogens with zero attached hydrogens (tertiary/aromatic N) is 2. The third-order valence-corrected chi connectivity index (χ3v) is 2.34. The Morgan fingerprint density at radius 3 is 2.44 bits per heavy atom. The summed E-state index contributed by atoms with van der Waals surface area (Å²) in [5.74, 6) is -0.137. The topological polar surface area (TPSA) is 67.6 Å². The van der Waals surface area contributed by atoms with Gasteiger partial charge in [0, 0.05) is 5.56 Å². The molecule has 1 heterocycles. The molecule has 0 unspecified atom stereocenters. The molecule has 0 radical (unpaired) electrons. The van der Waals surface area contributed by atoms with Crippen LogP contribution in [0.2, 0.25) is 0 Å². The maximum Gasteiger partial charge on any atom is 0.417 e. The summed E-state index contributed by atoms with van der Waals surface area (Å²) in [6, 6.07) is 5.02. The van der Waals surface area contributed by atoms with Crippen molar-refractivity contribution in [1.82, 2.24) is 15.0 Å². The summed E-state index contributed by atoms with van der Waals surface area (Å²) in [5, 5.41) is 0. The number of aromatic nitrogens is 3. The average molecular weight is 272 g/mol. The molecular formula is C10H7F3N4S. The van der Waals surface area contributed by atoms with Crippen LogP contribution < -0.4 is 5.73 Å². The van der Waals surface area contributed by atoms with Gasteiger partial charge in [-0.05, 0) is 18.3 Å². The highest BCUT2D eigenvalue weighted by Crippen LogP contribution is 2.35. The molecule has 0 fully saturated rings. The zero-order valence-electron chi connectivity index (χ0n) is 8.82. The van der Waals surface area contributed by atoms with E-state index in [1.807, 2.05) is 0 Å². The molecule has 0 amide bonds. The van der Waals surface area contributed by atoms with Gasteiger partial charge in [0.15, 0.2) is 0 Å². The van der Waals surface area contributed by atoms with Crippen LogP contribution in [-0.2, 0) is 6.18 Å². The van der Waals surface area contributed by atoms with E-state index in [-0.39, 0.29) is 22.1 Å². The Kier molecular flexibility index (Phi) is 3.04. The molecule has 0 aliphatic carbocycles. The van der Waals surface area contributed by atoms with Gasteiger partial charge in [-0.25, -0.2) is 4.98 Å². The first-order valence-corrected chi connectivity index (χ1v) is 5.19. The number of hydrogen-bond acceptors (Lipinski definition) is 4. The second-order valence-corrected chi connectivity index (χ2v) is 3.77. The Balaban J connectivity index is 2.68. The first-order chi connectivity index (χ1) is 8.38. The summed E-state index contributed by atoms with van der Waals surface area (Å²) >= 11 is 4.72. The zero-order valence-corrected chi connectivity index (χ0v) is 9.64. The number of aromatic amines is 1. The fraction of sp³-hybridized carbons (Fsp3) is 0.100. The normalized spacial score (nSPS) is 11.5. The van der Waals surface area contributed by atoms with Crippen LogP contribution in [-0.4, -0.2) is 15.0 Å². The highest BCUT2D eigenvalue weighted by molar-refractivity contribution is 7.71. The summed E-state index contributed by atoms with van der Waals surface area (Å²) in [7, 11) is 0. The number of alkyl halides is 3. The summed E-state index contributed by atoms with van der Waals surface area (Å²) in [6.45, 7) is 0. The molecule has 1 aromatic heterocycles. The third-order valence-electron chi connectivity index (χ3n) is 2.16.